The number of benzene rings is 1. The summed E-state index contributed by atoms with van der Waals surface area (Å²) in [7, 11) is 0. The number of fused-ring (bicyclic) bond motifs is 1. The van der Waals surface area contributed by atoms with Crippen molar-refractivity contribution in [3.63, 3.8) is 0 Å². The van der Waals surface area contributed by atoms with Crippen LogP contribution in [0.15, 0.2) is 35.4 Å². The number of nitrogens with zero attached hydrogens (tertiary/aromatic N) is 7. The van der Waals surface area contributed by atoms with Gasteiger partial charge in [0.15, 0.2) is 6.33 Å². The molecule has 0 radical (unpaired) electrons. The molecule has 1 aliphatic carbocycles. The fourth-order valence-corrected chi connectivity index (χ4v) is 6.07. The minimum Gasteiger partial charge on any atom is -0.337 e. The van der Waals surface area contributed by atoms with Gasteiger partial charge in [-0.15, -0.1) is 10.2 Å². The number of para-hydroxylation sites is 2. The fourth-order valence-electron chi connectivity index (χ4n) is 6.07. The van der Waals surface area contributed by atoms with Crippen LogP contribution in [0.25, 0.3) is 11.0 Å². The zero-order chi connectivity index (χ0) is 25.1. The number of piperidine rings is 1. The topological polar surface area (TPSA) is 103 Å². The first-order chi connectivity index (χ1) is 17.5. The number of aromatic nitrogens is 6. The van der Waals surface area contributed by atoms with Gasteiger partial charge in [-0.05, 0) is 81.8 Å². The predicted molar refractivity (Wildman–Crippen MR) is 138 cm³/mol. The minimum atomic E-state index is -0.340. The van der Waals surface area contributed by atoms with E-state index in [2.05, 4.69) is 25.6 Å². The largest absolute Gasteiger partial charge is 0.337 e. The summed E-state index contributed by atoms with van der Waals surface area (Å²) < 4.78 is 2.96. The van der Waals surface area contributed by atoms with Crippen molar-refractivity contribution in [2.75, 3.05) is 26.2 Å². The van der Waals surface area contributed by atoms with Crippen LogP contribution in [0.2, 0.25) is 0 Å². The zero-order valence-electron chi connectivity index (χ0n) is 21.4. The van der Waals surface area contributed by atoms with E-state index in [-0.39, 0.29) is 23.8 Å². The lowest BCUT2D eigenvalue weighted by Gasteiger charge is -2.37. The number of carbonyl (C=O) groups is 1. The molecule has 2 fully saturated rings. The van der Waals surface area contributed by atoms with E-state index < -0.39 is 0 Å². The molecule has 2 aromatic heterocycles. The summed E-state index contributed by atoms with van der Waals surface area (Å²) in [5.41, 5.74) is 1.16. The average Bonchev–Trinajstić information content (AvgIpc) is 3.53. The normalized spacial score (nSPS) is 19.2. The molecular formula is C26H38N8O2. The molecule has 3 heterocycles. The number of imidazole rings is 1. The Hall–Kier alpha value is -3.01. The molecule has 194 valence electrons. The van der Waals surface area contributed by atoms with E-state index in [1.165, 1.54) is 43.0 Å². The van der Waals surface area contributed by atoms with E-state index in [1.54, 1.807) is 4.57 Å². The Kier molecular flexibility index (Phi) is 7.50. The lowest BCUT2D eigenvalue weighted by molar-refractivity contribution is 0.114. The standard InChI is InChI=1S/C26H38N8O2/c1-19(2)32-22-10-6-7-11-23(22)33(26(32)36)25(35)27-16-20-12-14-31(15-13-20)17-24(34-29-18-28-30-34)21-8-4-3-5-9-21/h6-7,10-11,18-21,24H,3-5,8-9,12-17H2,1-2H3,(H,27,35). The van der Waals surface area contributed by atoms with Gasteiger partial charge in [-0.1, -0.05) is 31.4 Å². The SMILES string of the molecule is CC(C)n1c(=O)n(C(=O)NCC2CCN(CC(C3CCCCC3)n3ncnn3)CC2)c2ccccc21. The number of hydrogen-bond donors (Lipinski definition) is 1. The molecule has 1 aliphatic heterocycles. The maximum Gasteiger partial charge on any atom is 0.337 e. The second-order valence-corrected chi connectivity index (χ2v) is 10.7. The van der Waals surface area contributed by atoms with Crippen LogP contribution in [0, 0.1) is 11.8 Å². The van der Waals surface area contributed by atoms with Crippen LogP contribution in [0.1, 0.15) is 70.9 Å². The van der Waals surface area contributed by atoms with Crippen LogP contribution >= 0.6 is 0 Å². The molecule has 3 aromatic rings. The highest BCUT2D eigenvalue weighted by Crippen LogP contribution is 2.33. The highest BCUT2D eigenvalue weighted by molar-refractivity contribution is 5.89. The quantitative estimate of drug-likeness (QED) is 0.540. The molecule has 2 aliphatic rings. The Balaban J connectivity index is 1.18. The molecule has 1 amide bonds. The van der Waals surface area contributed by atoms with E-state index in [9.17, 15) is 9.59 Å². The van der Waals surface area contributed by atoms with Gasteiger partial charge in [0.05, 0.1) is 17.1 Å². The Bertz CT molecular complexity index is 1200. The van der Waals surface area contributed by atoms with Gasteiger partial charge >= 0.3 is 11.7 Å². The molecule has 10 nitrogen and oxygen atoms in total. The van der Waals surface area contributed by atoms with Crippen LogP contribution in [0.3, 0.4) is 0 Å². The number of hydrogen-bond acceptors (Lipinski definition) is 6. The molecular weight excluding hydrogens is 456 g/mol. The lowest BCUT2D eigenvalue weighted by Crippen LogP contribution is -2.44. The molecule has 36 heavy (non-hydrogen) atoms. The van der Waals surface area contributed by atoms with E-state index in [0.29, 0.717) is 23.9 Å². The van der Waals surface area contributed by atoms with Crippen LogP contribution in [0.5, 0.6) is 0 Å². The van der Waals surface area contributed by atoms with Gasteiger partial charge in [-0.3, -0.25) is 4.57 Å². The van der Waals surface area contributed by atoms with Crippen molar-refractivity contribution in [2.24, 2.45) is 11.8 Å². The van der Waals surface area contributed by atoms with Crippen LogP contribution in [-0.2, 0) is 0 Å². The van der Waals surface area contributed by atoms with Gasteiger partial charge in [-0.2, -0.15) is 4.80 Å². The summed E-state index contributed by atoms with van der Waals surface area (Å²) in [5, 5.41) is 15.6. The van der Waals surface area contributed by atoms with Crippen molar-refractivity contribution in [3.05, 3.63) is 41.1 Å². The summed E-state index contributed by atoms with van der Waals surface area (Å²) >= 11 is 0. The van der Waals surface area contributed by atoms with Crippen molar-refractivity contribution in [3.8, 4) is 0 Å². The lowest BCUT2D eigenvalue weighted by atomic mass is 9.83. The van der Waals surface area contributed by atoms with Crippen LogP contribution < -0.4 is 11.0 Å². The minimum absolute atomic E-state index is 0.0223. The van der Waals surface area contributed by atoms with Gasteiger partial charge < -0.3 is 10.2 Å². The Labute approximate surface area is 211 Å². The third kappa shape index (κ3) is 5.09. The first kappa shape index (κ1) is 24.7. The molecule has 0 bridgehead atoms. The van der Waals surface area contributed by atoms with E-state index in [4.69, 9.17) is 0 Å². The highest BCUT2D eigenvalue weighted by Gasteiger charge is 2.30. The molecule has 1 saturated heterocycles. The average molecular weight is 495 g/mol. The predicted octanol–water partition coefficient (Wildman–Crippen LogP) is 3.46. The van der Waals surface area contributed by atoms with Gasteiger partial charge in [0.2, 0.25) is 0 Å². The first-order valence-corrected chi connectivity index (χ1v) is 13.5. The van der Waals surface area contributed by atoms with Crippen molar-refractivity contribution >= 4 is 17.1 Å². The first-order valence-electron chi connectivity index (χ1n) is 13.5. The van der Waals surface area contributed by atoms with Gasteiger partial charge in [0.25, 0.3) is 0 Å². The third-order valence-electron chi connectivity index (χ3n) is 8.05. The van der Waals surface area contributed by atoms with Crippen molar-refractivity contribution in [1.29, 1.82) is 0 Å². The third-order valence-corrected chi connectivity index (χ3v) is 8.05. The van der Waals surface area contributed by atoms with Crippen LogP contribution in [0.4, 0.5) is 4.79 Å². The molecule has 1 aromatic carbocycles. The zero-order valence-corrected chi connectivity index (χ0v) is 21.4. The fraction of sp³-hybridized carbons (Fsp3) is 0.654. The maximum atomic E-state index is 13.1. The summed E-state index contributed by atoms with van der Waals surface area (Å²) in [4.78, 5) is 30.5. The molecule has 0 spiro atoms. The summed E-state index contributed by atoms with van der Waals surface area (Å²) in [6.45, 7) is 7.43. The Morgan fingerprint density at radius 3 is 2.44 bits per heavy atom. The number of nitrogens with one attached hydrogen (secondary N) is 1. The van der Waals surface area contributed by atoms with E-state index in [0.717, 1.165) is 38.0 Å². The number of tetrazole rings is 1. The van der Waals surface area contributed by atoms with Gasteiger partial charge in [0, 0.05) is 19.1 Å². The molecule has 10 heteroatoms. The summed E-state index contributed by atoms with van der Waals surface area (Å²) in [5.74, 6) is 1.01. The summed E-state index contributed by atoms with van der Waals surface area (Å²) in [6, 6.07) is 7.40. The molecule has 1 saturated carbocycles. The van der Waals surface area contributed by atoms with Gasteiger partial charge in [0.1, 0.15) is 0 Å². The maximum absolute atomic E-state index is 13.1. The van der Waals surface area contributed by atoms with Crippen molar-refractivity contribution in [2.45, 2.75) is 70.9 Å². The number of carbonyl (C=O) groups excluding carboxylic acids is 1. The second kappa shape index (κ2) is 10.9. The molecule has 1 N–H and O–H groups in total. The molecule has 1 unspecified atom stereocenters. The smallest absolute Gasteiger partial charge is 0.337 e. The number of rotatable bonds is 7. The van der Waals surface area contributed by atoms with Crippen molar-refractivity contribution in [1.82, 2.24) is 39.6 Å². The van der Waals surface area contributed by atoms with Crippen LogP contribution in [-0.4, -0.2) is 66.5 Å². The van der Waals surface area contributed by atoms with Crippen molar-refractivity contribution < 1.29 is 4.79 Å². The van der Waals surface area contributed by atoms with E-state index >= 15 is 0 Å². The summed E-state index contributed by atoms with van der Waals surface area (Å²) in [6.07, 6.45) is 9.95. The highest BCUT2D eigenvalue weighted by atomic mass is 16.2. The second-order valence-electron chi connectivity index (χ2n) is 10.7. The Morgan fingerprint density at radius 2 is 1.78 bits per heavy atom. The monoisotopic (exact) mass is 494 g/mol. The van der Waals surface area contributed by atoms with E-state index in [1.807, 2.05) is 42.9 Å². The molecule has 5 rings (SSSR count). The van der Waals surface area contributed by atoms with Gasteiger partial charge in [-0.25, -0.2) is 14.2 Å². The number of amides is 1. The molecule has 1 atom stereocenters. The number of likely N-dealkylation sites (tertiary alicyclic amines) is 1. The Morgan fingerprint density at radius 1 is 1.06 bits per heavy atom.